The lowest BCUT2D eigenvalue weighted by Crippen LogP contribution is -2.34. The average molecular weight is 274 g/mol. The van der Waals surface area contributed by atoms with Crippen molar-refractivity contribution in [2.24, 2.45) is 5.92 Å². The van der Waals surface area contributed by atoms with Crippen LogP contribution in [0.4, 0.5) is 5.69 Å². The molecule has 0 aromatic carbocycles. The van der Waals surface area contributed by atoms with Crippen molar-refractivity contribution in [2.45, 2.75) is 64.0 Å². The Morgan fingerprint density at radius 3 is 2.70 bits per heavy atom. The highest BCUT2D eigenvalue weighted by Gasteiger charge is 2.33. The lowest BCUT2D eigenvalue weighted by atomic mass is 9.96. The third-order valence-electron chi connectivity index (χ3n) is 5.07. The fraction of sp³-hybridized carbons (Fsp3) is 0.706. The molecule has 2 aliphatic rings. The van der Waals surface area contributed by atoms with E-state index in [-0.39, 0.29) is 0 Å². The van der Waals surface area contributed by atoms with Gasteiger partial charge in [0.15, 0.2) is 0 Å². The molecule has 20 heavy (non-hydrogen) atoms. The van der Waals surface area contributed by atoms with Gasteiger partial charge in [-0.3, -0.25) is 4.98 Å². The lowest BCUT2D eigenvalue weighted by Gasteiger charge is -2.31. The molecule has 1 saturated carbocycles. The maximum Gasteiger partial charge on any atom is 0.0957 e. The monoisotopic (exact) mass is 274 g/mol. The predicted octanol–water partition coefficient (Wildman–Crippen LogP) is 3.68. The topological polar surface area (TPSA) is 36.4 Å². The summed E-state index contributed by atoms with van der Waals surface area (Å²) in [5, 5.41) is 9.83. The molecule has 1 aromatic heterocycles. The standard InChI is InChI=1S/C17H26N2O/c1-2-17(20)15-10-9-14(12-18-15)19-11-5-8-16(19)13-6-3-4-7-13/h9-10,12-13,16-17,20H,2-8,11H2,1H3. The van der Waals surface area contributed by atoms with Gasteiger partial charge in [-0.2, -0.15) is 0 Å². The zero-order chi connectivity index (χ0) is 13.9. The van der Waals surface area contributed by atoms with Gasteiger partial charge in [-0.15, -0.1) is 0 Å². The number of hydrogen-bond donors (Lipinski definition) is 1. The number of hydrogen-bond acceptors (Lipinski definition) is 3. The minimum absolute atomic E-state index is 0.423. The molecule has 0 amide bonds. The van der Waals surface area contributed by atoms with Crippen molar-refractivity contribution in [1.82, 2.24) is 4.98 Å². The molecule has 1 aliphatic heterocycles. The van der Waals surface area contributed by atoms with Crippen molar-refractivity contribution < 1.29 is 5.11 Å². The van der Waals surface area contributed by atoms with Gasteiger partial charge < -0.3 is 10.0 Å². The van der Waals surface area contributed by atoms with Crippen molar-refractivity contribution in [3.05, 3.63) is 24.0 Å². The third-order valence-corrected chi connectivity index (χ3v) is 5.07. The zero-order valence-electron chi connectivity index (χ0n) is 12.5. The van der Waals surface area contributed by atoms with Crippen molar-refractivity contribution in [3.8, 4) is 0 Å². The molecular weight excluding hydrogens is 248 g/mol. The van der Waals surface area contributed by atoms with Crippen LogP contribution in [-0.4, -0.2) is 22.7 Å². The minimum Gasteiger partial charge on any atom is -0.387 e. The molecule has 1 saturated heterocycles. The van der Waals surface area contributed by atoms with E-state index in [9.17, 15) is 5.11 Å². The van der Waals surface area contributed by atoms with E-state index in [0.29, 0.717) is 0 Å². The average Bonchev–Trinajstić information content (AvgIpc) is 3.16. The van der Waals surface area contributed by atoms with Gasteiger partial charge >= 0.3 is 0 Å². The summed E-state index contributed by atoms with van der Waals surface area (Å²) in [5.41, 5.74) is 2.04. The van der Waals surface area contributed by atoms with Crippen LogP contribution in [0.5, 0.6) is 0 Å². The van der Waals surface area contributed by atoms with E-state index in [4.69, 9.17) is 0 Å². The van der Waals surface area contributed by atoms with Crippen LogP contribution in [0.15, 0.2) is 18.3 Å². The molecule has 3 heteroatoms. The lowest BCUT2D eigenvalue weighted by molar-refractivity contribution is 0.169. The number of aliphatic hydroxyl groups excluding tert-OH is 1. The molecule has 1 aromatic rings. The summed E-state index contributed by atoms with van der Waals surface area (Å²) < 4.78 is 0. The van der Waals surface area contributed by atoms with Crippen LogP contribution in [0, 0.1) is 5.92 Å². The highest BCUT2D eigenvalue weighted by atomic mass is 16.3. The SMILES string of the molecule is CCC(O)c1ccc(N2CCCC2C2CCCC2)cn1. The van der Waals surface area contributed by atoms with Gasteiger partial charge in [0.25, 0.3) is 0 Å². The Morgan fingerprint density at radius 1 is 1.25 bits per heavy atom. The first-order chi connectivity index (χ1) is 9.79. The number of anilines is 1. The zero-order valence-corrected chi connectivity index (χ0v) is 12.5. The van der Waals surface area contributed by atoms with Gasteiger partial charge in [0, 0.05) is 12.6 Å². The molecule has 3 rings (SSSR count). The first-order valence-corrected chi connectivity index (χ1v) is 8.20. The Balaban J connectivity index is 1.74. The maximum absolute atomic E-state index is 9.83. The number of nitrogens with zero attached hydrogens (tertiary/aromatic N) is 2. The Morgan fingerprint density at radius 2 is 2.05 bits per heavy atom. The summed E-state index contributed by atoms with van der Waals surface area (Å²) in [6.07, 6.45) is 10.5. The normalized spacial score (nSPS) is 25.3. The van der Waals surface area contributed by atoms with E-state index < -0.39 is 6.10 Å². The first kappa shape index (κ1) is 13.9. The molecule has 2 unspecified atom stereocenters. The second kappa shape index (κ2) is 6.13. The fourth-order valence-corrected chi connectivity index (χ4v) is 3.92. The Labute approximate surface area is 122 Å². The summed E-state index contributed by atoms with van der Waals surface area (Å²) in [5.74, 6) is 0.887. The van der Waals surface area contributed by atoms with E-state index in [1.54, 1.807) is 0 Å². The number of rotatable bonds is 4. The van der Waals surface area contributed by atoms with Crippen molar-refractivity contribution in [2.75, 3.05) is 11.4 Å². The minimum atomic E-state index is -0.423. The molecule has 0 bridgehead atoms. The Bertz CT molecular complexity index is 425. The smallest absolute Gasteiger partial charge is 0.0957 e. The van der Waals surface area contributed by atoms with Crippen LogP contribution in [0.25, 0.3) is 0 Å². The van der Waals surface area contributed by atoms with E-state index in [1.165, 1.54) is 50.8 Å². The number of aromatic nitrogens is 1. The van der Waals surface area contributed by atoms with Gasteiger partial charge in [-0.05, 0) is 50.2 Å². The largest absolute Gasteiger partial charge is 0.387 e. The van der Waals surface area contributed by atoms with E-state index in [1.807, 2.05) is 19.2 Å². The molecule has 1 aliphatic carbocycles. The van der Waals surface area contributed by atoms with Gasteiger partial charge in [-0.1, -0.05) is 19.8 Å². The fourth-order valence-electron chi connectivity index (χ4n) is 3.92. The van der Waals surface area contributed by atoms with Crippen molar-refractivity contribution in [3.63, 3.8) is 0 Å². The molecule has 2 atom stereocenters. The molecule has 2 fully saturated rings. The van der Waals surface area contributed by atoms with E-state index in [2.05, 4.69) is 16.0 Å². The second-order valence-electron chi connectivity index (χ2n) is 6.31. The summed E-state index contributed by atoms with van der Waals surface area (Å²) in [4.78, 5) is 7.02. The number of pyridine rings is 1. The highest BCUT2D eigenvalue weighted by molar-refractivity contribution is 5.47. The Hall–Kier alpha value is -1.09. The summed E-state index contributed by atoms with van der Waals surface area (Å²) in [7, 11) is 0. The van der Waals surface area contributed by atoms with Gasteiger partial charge in [-0.25, -0.2) is 0 Å². The van der Waals surface area contributed by atoms with Crippen LogP contribution in [0.2, 0.25) is 0 Å². The van der Waals surface area contributed by atoms with E-state index in [0.717, 1.165) is 24.1 Å². The molecule has 0 radical (unpaired) electrons. The molecule has 2 heterocycles. The molecular formula is C17H26N2O. The van der Waals surface area contributed by atoms with E-state index >= 15 is 0 Å². The van der Waals surface area contributed by atoms with Gasteiger partial charge in [0.05, 0.1) is 23.7 Å². The second-order valence-corrected chi connectivity index (χ2v) is 6.31. The summed E-state index contributed by atoms with van der Waals surface area (Å²) in [6.45, 7) is 3.15. The molecule has 110 valence electrons. The predicted molar refractivity (Wildman–Crippen MR) is 81.8 cm³/mol. The van der Waals surface area contributed by atoms with Crippen LogP contribution in [0.1, 0.15) is 63.7 Å². The molecule has 1 N–H and O–H groups in total. The third kappa shape index (κ3) is 2.69. The number of aliphatic hydroxyl groups is 1. The summed E-state index contributed by atoms with van der Waals surface area (Å²) in [6, 6.07) is 4.86. The quantitative estimate of drug-likeness (QED) is 0.909. The molecule has 0 spiro atoms. The first-order valence-electron chi connectivity index (χ1n) is 8.20. The van der Waals surface area contributed by atoms with Crippen LogP contribution in [0.3, 0.4) is 0 Å². The molecule has 3 nitrogen and oxygen atoms in total. The highest BCUT2D eigenvalue weighted by Crippen LogP contribution is 2.37. The van der Waals surface area contributed by atoms with Gasteiger partial charge in [0.1, 0.15) is 0 Å². The van der Waals surface area contributed by atoms with Crippen LogP contribution in [-0.2, 0) is 0 Å². The maximum atomic E-state index is 9.83. The summed E-state index contributed by atoms with van der Waals surface area (Å²) >= 11 is 0. The van der Waals surface area contributed by atoms with Crippen LogP contribution < -0.4 is 4.90 Å². The Kier molecular flexibility index (Phi) is 4.25. The van der Waals surface area contributed by atoms with Crippen molar-refractivity contribution in [1.29, 1.82) is 0 Å². The van der Waals surface area contributed by atoms with Crippen molar-refractivity contribution >= 4 is 5.69 Å². The van der Waals surface area contributed by atoms with Crippen LogP contribution >= 0.6 is 0 Å². The van der Waals surface area contributed by atoms with Gasteiger partial charge in [0.2, 0.25) is 0 Å².